The van der Waals surface area contributed by atoms with Gasteiger partial charge in [-0.05, 0) is 80.9 Å². The fourth-order valence-corrected chi connectivity index (χ4v) is 8.71. The molecule has 7 rings (SSSR count). The molecule has 17 nitrogen and oxygen atoms in total. The third-order valence-electron chi connectivity index (χ3n) is 12.2. The first kappa shape index (κ1) is 41.7. The Morgan fingerprint density at radius 1 is 0.881 bits per heavy atom. The number of aromatic amines is 1. The van der Waals surface area contributed by atoms with Crippen LogP contribution >= 0.6 is 0 Å². The van der Waals surface area contributed by atoms with Crippen molar-refractivity contribution >= 4 is 46.7 Å². The quantitative estimate of drug-likeness (QED) is 0.272. The number of H-pyrrole nitrogens is 1. The summed E-state index contributed by atoms with van der Waals surface area (Å²) in [6.07, 6.45) is 2.48. The predicted octanol–water partition coefficient (Wildman–Crippen LogP) is 2.66. The van der Waals surface area contributed by atoms with Crippen LogP contribution in [0.3, 0.4) is 0 Å². The molecule has 59 heavy (non-hydrogen) atoms. The van der Waals surface area contributed by atoms with Crippen molar-refractivity contribution in [3.8, 4) is 0 Å². The summed E-state index contributed by atoms with van der Waals surface area (Å²) >= 11 is 0. The van der Waals surface area contributed by atoms with E-state index in [2.05, 4.69) is 20.1 Å². The molecule has 5 amide bonds. The van der Waals surface area contributed by atoms with Crippen molar-refractivity contribution < 1.29 is 37.9 Å². The Bertz CT molecular complexity index is 2060. The number of piperazine rings is 1. The molecular formula is C42H56N8O9. The van der Waals surface area contributed by atoms with E-state index in [1.165, 1.54) is 4.90 Å². The number of amides is 5. The molecule has 0 spiro atoms. The Kier molecular flexibility index (Phi) is 13.2. The summed E-state index contributed by atoms with van der Waals surface area (Å²) < 4.78 is 16.5. The number of piperidine rings is 2. The molecule has 0 radical (unpaired) electrons. The van der Waals surface area contributed by atoms with E-state index in [-0.39, 0.29) is 49.3 Å². The van der Waals surface area contributed by atoms with Gasteiger partial charge in [0.2, 0.25) is 0 Å². The fraction of sp³-hybridized carbons (Fsp3) is 0.571. The first-order chi connectivity index (χ1) is 28.4. The summed E-state index contributed by atoms with van der Waals surface area (Å²) in [6, 6.07) is 11.6. The molecule has 3 fully saturated rings. The number of aryl methyl sites for hydroxylation is 1. The average Bonchev–Trinajstić information content (AvgIpc) is 3.54. The first-order valence-corrected chi connectivity index (χ1v) is 20.8. The molecule has 4 aliphatic heterocycles. The molecule has 318 valence electrons. The van der Waals surface area contributed by atoms with Crippen molar-refractivity contribution in [1.29, 1.82) is 0 Å². The number of nitrogens with zero attached hydrogens (tertiary/aromatic N) is 6. The number of hydrogen-bond acceptors (Lipinski definition) is 11. The summed E-state index contributed by atoms with van der Waals surface area (Å²) in [4.78, 5) is 91.1. The number of ether oxygens (including phenoxy) is 2. The lowest BCUT2D eigenvalue weighted by molar-refractivity contribution is -0.151. The minimum absolute atomic E-state index is 0.0325. The summed E-state index contributed by atoms with van der Waals surface area (Å²) in [7, 11) is 3.24. The van der Waals surface area contributed by atoms with Gasteiger partial charge in [0.1, 0.15) is 0 Å². The molecule has 0 bridgehead atoms. The summed E-state index contributed by atoms with van der Waals surface area (Å²) in [5.74, 6) is -1.47. The third-order valence-corrected chi connectivity index (χ3v) is 12.2. The van der Waals surface area contributed by atoms with Crippen molar-refractivity contribution in [3.63, 3.8) is 0 Å². The van der Waals surface area contributed by atoms with Crippen molar-refractivity contribution in [1.82, 2.24) is 34.4 Å². The third kappa shape index (κ3) is 10.2. The van der Waals surface area contributed by atoms with E-state index in [9.17, 15) is 28.8 Å². The molecule has 0 aliphatic carbocycles. The first-order valence-electron chi connectivity index (χ1n) is 20.8. The topological polar surface area (TPSA) is 181 Å². The van der Waals surface area contributed by atoms with Gasteiger partial charge in [0.05, 0.1) is 11.9 Å². The predicted molar refractivity (Wildman–Crippen MR) is 218 cm³/mol. The number of carbonyl (C=O) groups excluding carboxylic acids is 5. The van der Waals surface area contributed by atoms with Gasteiger partial charge in [-0.1, -0.05) is 24.3 Å². The lowest BCUT2D eigenvalue weighted by Gasteiger charge is -2.43. The number of anilines is 1. The SMILES string of the molecule is Cc1cc(C[C@@H](OC(=O)N2CCC(N3CCc4ccccc4NC3=O)CC2)C(=O)N2CCN(C3CCN(CCC(=O)OCC(=O)N(C)C)CC3)CC2)cc2oc(=O)[nH]c12. The number of hydrogen-bond donors (Lipinski definition) is 2. The number of oxazole rings is 1. The van der Waals surface area contributed by atoms with E-state index in [1.807, 2.05) is 42.2 Å². The van der Waals surface area contributed by atoms with Crippen LogP contribution in [0.1, 0.15) is 48.8 Å². The van der Waals surface area contributed by atoms with Gasteiger partial charge in [0.25, 0.3) is 11.8 Å². The monoisotopic (exact) mass is 816 g/mol. The highest BCUT2D eigenvalue weighted by molar-refractivity contribution is 5.91. The summed E-state index contributed by atoms with van der Waals surface area (Å²) in [5.41, 5.74) is 4.37. The standard InChI is InChI=1S/C42H56N8O9/c1-28-24-29(25-34-38(28)44-41(55)58-34)26-35(59-42(56)49-17-11-32(12-18-49)50-19-8-30-6-4-5-7-33(30)43-40(50)54)39(53)48-22-20-47(21-23-48)31-9-14-46(15-10-31)16-13-37(52)57-27-36(51)45(2)3/h4-7,24-25,31-32,35H,8-23,26-27H2,1-3H3,(H,43,54)(H,44,55)/t35-/m1/s1. The number of urea groups is 1. The van der Waals surface area contributed by atoms with E-state index in [1.54, 1.807) is 30.0 Å². The largest absolute Gasteiger partial charge is 0.456 e. The molecule has 4 aliphatic rings. The van der Waals surface area contributed by atoms with Crippen LogP contribution in [0.4, 0.5) is 15.3 Å². The smallest absolute Gasteiger partial charge is 0.417 e. The van der Waals surface area contributed by atoms with Gasteiger partial charge >= 0.3 is 23.8 Å². The second kappa shape index (κ2) is 18.7. The highest BCUT2D eigenvalue weighted by Crippen LogP contribution is 2.26. The van der Waals surface area contributed by atoms with Crippen molar-refractivity contribution in [2.45, 2.75) is 70.1 Å². The molecule has 0 saturated carbocycles. The Morgan fingerprint density at radius 3 is 2.32 bits per heavy atom. The van der Waals surface area contributed by atoms with Gasteiger partial charge in [-0.25, -0.2) is 14.4 Å². The normalized spacial score (nSPS) is 19.2. The number of para-hydroxylation sites is 1. The van der Waals surface area contributed by atoms with Gasteiger partial charge in [-0.15, -0.1) is 0 Å². The molecule has 2 N–H and O–H groups in total. The van der Waals surface area contributed by atoms with Gasteiger partial charge in [0, 0.05) is 90.6 Å². The Morgan fingerprint density at radius 2 is 1.59 bits per heavy atom. The minimum Gasteiger partial charge on any atom is -0.456 e. The molecular weight excluding hydrogens is 761 g/mol. The fourth-order valence-electron chi connectivity index (χ4n) is 8.71. The summed E-state index contributed by atoms with van der Waals surface area (Å²) in [6.45, 7) is 7.58. The molecule has 3 saturated heterocycles. The van der Waals surface area contributed by atoms with Crippen LogP contribution in [-0.2, 0) is 36.7 Å². The van der Waals surface area contributed by atoms with Gasteiger partial charge in [0.15, 0.2) is 18.3 Å². The Labute approximate surface area is 343 Å². The molecule has 2 aromatic carbocycles. The number of aromatic nitrogens is 1. The Hall–Kier alpha value is -5.42. The number of likely N-dealkylation sites (N-methyl/N-ethyl adjacent to an activating group) is 1. The summed E-state index contributed by atoms with van der Waals surface area (Å²) in [5, 5.41) is 3.04. The lowest BCUT2D eigenvalue weighted by Crippen LogP contribution is -2.56. The van der Waals surface area contributed by atoms with Crippen LogP contribution < -0.4 is 11.1 Å². The number of nitrogens with one attached hydrogen (secondary N) is 2. The van der Waals surface area contributed by atoms with Crippen LogP contribution in [0.25, 0.3) is 11.1 Å². The maximum Gasteiger partial charge on any atom is 0.417 e. The van der Waals surface area contributed by atoms with Crippen molar-refractivity contribution in [2.75, 3.05) is 91.5 Å². The number of carbonyl (C=O) groups is 5. The zero-order chi connectivity index (χ0) is 41.6. The number of esters is 1. The van der Waals surface area contributed by atoms with Gasteiger partial charge in [-0.2, -0.15) is 0 Å². The van der Waals surface area contributed by atoms with Crippen LogP contribution in [0.15, 0.2) is 45.6 Å². The number of fused-ring (bicyclic) bond motifs is 2. The van der Waals surface area contributed by atoms with Crippen molar-refractivity contribution in [3.05, 3.63) is 63.6 Å². The highest BCUT2D eigenvalue weighted by Gasteiger charge is 2.36. The minimum atomic E-state index is -1.10. The molecule has 3 aromatic rings. The van der Waals surface area contributed by atoms with E-state index in [4.69, 9.17) is 13.9 Å². The van der Waals surface area contributed by atoms with Crippen LogP contribution in [0.5, 0.6) is 0 Å². The number of benzene rings is 2. The van der Waals surface area contributed by atoms with E-state index >= 15 is 0 Å². The van der Waals surface area contributed by atoms with E-state index in [0.717, 1.165) is 49.2 Å². The maximum atomic E-state index is 14.3. The zero-order valence-electron chi connectivity index (χ0n) is 34.3. The number of rotatable bonds is 11. The molecule has 1 aromatic heterocycles. The maximum absolute atomic E-state index is 14.3. The van der Waals surface area contributed by atoms with Gasteiger partial charge < -0.3 is 43.7 Å². The lowest BCUT2D eigenvalue weighted by atomic mass is 10.0. The van der Waals surface area contributed by atoms with Crippen molar-refractivity contribution in [2.24, 2.45) is 0 Å². The zero-order valence-corrected chi connectivity index (χ0v) is 34.3. The second-order valence-electron chi connectivity index (χ2n) is 16.3. The van der Waals surface area contributed by atoms with E-state index < -0.39 is 18.0 Å². The number of likely N-dealkylation sites (tertiary alicyclic amines) is 2. The molecule has 1 atom stereocenters. The average molecular weight is 817 g/mol. The van der Waals surface area contributed by atoms with Crippen LogP contribution in [-0.4, -0.2) is 169 Å². The van der Waals surface area contributed by atoms with Crippen LogP contribution in [0, 0.1) is 6.92 Å². The van der Waals surface area contributed by atoms with Gasteiger partial charge in [-0.3, -0.25) is 24.3 Å². The highest BCUT2D eigenvalue weighted by atomic mass is 16.6. The molecule has 17 heteroatoms. The van der Waals surface area contributed by atoms with E-state index in [0.29, 0.717) is 87.9 Å². The molecule has 5 heterocycles. The second-order valence-corrected chi connectivity index (χ2v) is 16.3. The Balaban J connectivity index is 0.929. The molecule has 0 unspecified atom stereocenters. The van der Waals surface area contributed by atoms with Crippen LogP contribution in [0.2, 0.25) is 0 Å².